The van der Waals surface area contributed by atoms with E-state index in [1.165, 1.54) is 193 Å². The highest BCUT2D eigenvalue weighted by atomic mass is 31.2. The second kappa shape index (κ2) is 67.2. The lowest BCUT2D eigenvalue weighted by atomic mass is 9.99. The number of phosphoric ester groups is 2. The molecule has 0 aliphatic carbocycles. The van der Waals surface area contributed by atoms with Crippen LogP contribution in [0.4, 0.5) is 0 Å². The molecule has 0 heterocycles. The maximum atomic E-state index is 13.1. The minimum atomic E-state index is -4.96. The highest BCUT2D eigenvalue weighted by Gasteiger charge is 2.30. The average molecular weight is 1420 g/mol. The van der Waals surface area contributed by atoms with Crippen LogP contribution in [0.1, 0.15) is 396 Å². The summed E-state index contributed by atoms with van der Waals surface area (Å²) in [6.45, 7) is 14.2. The van der Waals surface area contributed by atoms with Gasteiger partial charge in [-0.3, -0.25) is 37.3 Å². The largest absolute Gasteiger partial charge is 0.472 e. The molecular formula is C78H152O17P2. The Labute approximate surface area is 594 Å². The summed E-state index contributed by atoms with van der Waals surface area (Å²) >= 11 is 0. The molecule has 19 heteroatoms. The Morgan fingerprint density at radius 1 is 0.289 bits per heavy atom. The SMILES string of the molecule is CCC(C)CCCCCCCCCCCCC(=O)O[C@H](COC(=O)CCCCCCCCC(C)CC)COP(=O)(O)OC[C@H](O)COP(=O)(O)OC[C@@H](COC(=O)CCCCCCCCCCC(C)CC)OC(=O)CCCCCCCCCCCCCCCCCCCCC(C)C. The van der Waals surface area contributed by atoms with Gasteiger partial charge in [-0.05, 0) is 49.4 Å². The molecule has 0 bridgehead atoms. The van der Waals surface area contributed by atoms with Gasteiger partial charge in [0.05, 0.1) is 26.4 Å². The quantitative estimate of drug-likeness (QED) is 0.0222. The number of hydrogen-bond acceptors (Lipinski definition) is 15. The third-order valence-corrected chi connectivity index (χ3v) is 21.1. The van der Waals surface area contributed by atoms with Crippen molar-refractivity contribution in [2.45, 2.75) is 414 Å². The fraction of sp³-hybridized carbons (Fsp3) is 0.949. The summed E-state index contributed by atoms with van der Waals surface area (Å²) in [5.74, 6) is 1.01. The zero-order chi connectivity index (χ0) is 71.7. The number of aliphatic hydroxyl groups excluding tert-OH is 1. The fourth-order valence-electron chi connectivity index (χ4n) is 11.8. The van der Waals surface area contributed by atoms with Gasteiger partial charge < -0.3 is 33.8 Å². The number of unbranched alkanes of at least 4 members (excludes halogenated alkanes) is 38. The minimum Gasteiger partial charge on any atom is -0.462 e. The van der Waals surface area contributed by atoms with Crippen molar-refractivity contribution in [1.82, 2.24) is 0 Å². The lowest BCUT2D eigenvalue weighted by Gasteiger charge is -2.21. The molecule has 0 rings (SSSR count). The molecule has 576 valence electrons. The smallest absolute Gasteiger partial charge is 0.462 e. The standard InChI is InChI=1S/C78H152O17P2/c1-9-69(6)55-47-39-31-25-22-23-27-35-45-53-61-78(83)95-74(65-89-76(81)59-51-43-37-36-41-49-57-71(8)11-3)67-93-97(86,87)91-63-72(79)62-90-96(84,85)92-66-73(64-88-75(80)58-50-42-33-29-28-32-40-48-56-70(7)10-2)94-77(82)60-52-44-34-26-21-19-17-15-13-12-14-16-18-20-24-30-38-46-54-68(4)5/h68-74,79H,9-67H2,1-8H3,(H,84,85)(H,86,87)/t69?,70?,71?,72-,73-,74-/m1/s1. The van der Waals surface area contributed by atoms with Crippen LogP contribution in [-0.2, 0) is 65.4 Å². The molecule has 0 aromatic heterocycles. The molecule has 5 unspecified atom stereocenters. The molecule has 0 aliphatic heterocycles. The van der Waals surface area contributed by atoms with E-state index in [0.29, 0.717) is 25.7 Å². The van der Waals surface area contributed by atoms with Crippen LogP contribution in [-0.4, -0.2) is 96.7 Å². The highest BCUT2D eigenvalue weighted by molar-refractivity contribution is 7.47. The molecule has 17 nitrogen and oxygen atoms in total. The predicted octanol–water partition coefficient (Wildman–Crippen LogP) is 22.8. The van der Waals surface area contributed by atoms with E-state index in [1.807, 2.05) is 0 Å². The van der Waals surface area contributed by atoms with Gasteiger partial charge in [-0.1, -0.05) is 344 Å². The first kappa shape index (κ1) is 95.1. The molecule has 0 fully saturated rings. The molecule has 0 aromatic carbocycles. The summed E-state index contributed by atoms with van der Waals surface area (Å²) in [4.78, 5) is 72.9. The number of aliphatic hydroxyl groups is 1. The zero-order valence-corrected chi connectivity index (χ0v) is 65.5. The van der Waals surface area contributed by atoms with E-state index in [4.69, 9.17) is 37.0 Å². The summed E-state index contributed by atoms with van der Waals surface area (Å²) in [5.41, 5.74) is 0. The van der Waals surface area contributed by atoms with Gasteiger partial charge in [0.15, 0.2) is 12.2 Å². The number of hydrogen-bond donors (Lipinski definition) is 3. The lowest BCUT2D eigenvalue weighted by molar-refractivity contribution is -0.161. The van der Waals surface area contributed by atoms with Crippen LogP contribution in [0, 0.1) is 23.7 Å². The van der Waals surface area contributed by atoms with Crippen LogP contribution in [0.15, 0.2) is 0 Å². The van der Waals surface area contributed by atoms with Crippen LogP contribution in [0.2, 0.25) is 0 Å². The summed E-state index contributed by atoms with van der Waals surface area (Å²) in [6.07, 6.45) is 52.7. The van der Waals surface area contributed by atoms with Gasteiger partial charge in [-0.25, -0.2) is 9.13 Å². The van der Waals surface area contributed by atoms with Crippen LogP contribution in [0.3, 0.4) is 0 Å². The van der Waals surface area contributed by atoms with Crippen molar-refractivity contribution in [2.75, 3.05) is 39.6 Å². The predicted molar refractivity (Wildman–Crippen MR) is 395 cm³/mol. The molecule has 97 heavy (non-hydrogen) atoms. The second-order valence-electron chi connectivity index (χ2n) is 29.3. The van der Waals surface area contributed by atoms with E-state index in [1.54, 1.807) is 0 Å². The van der Waals surface area contributed by atoms with E-state index in [-0.39, 0.29) is 25.7 Å². The Kier molecular flexibility index (Phi) is 65.9. The van der Waals surface area contributed by atoms with Crippen molar-refractivity contribution in [2.24, 2.45) is 23.7 Å². The van der Waals surface area contributed by atoms with Gasteiger partial charge in [0.1, 0.15) is 19.3 Å². The van der Waals surface area contributed by atoms with Crippen molar-refractivity contribution >= 4 is 39.5 Å². The highest BCUT2D eigenvalue weighted by Crippen LogP contribution is 2.45. The van der Waals surface area contributed by atoms with Crippen LogP contribution in [0.25, 0.3) is 0 Å². The number of ether oxygens (including phenoxy) is 4. The topological polar surface area (TPSA) is 237 Å². The molecule has 0 amide bonds. The summed E-state index contributed by atoms with van der Waals surface area (Å²) in [7, 11) is -9.92. The molecule has 0 saturated carbocycles. The van der Waals surface area contributed by atoms with E-state index in [2.05, 4.69) is 55.4 Å². The minimum absolute atomic E-state index is 0.105. The Bertz CT molecular complexity index is 1910. The van der Waals surface area contributed by atoms with E-state index in [0.717, 1.165) is 120 Å². The zero-order valence-electron chi connectivity index (χ0n) is 63.7. The Balaban J connectivity index is 5.22. The first-order chi connectivity index (χ1) is 46.7. The number of carbonyl (C=O) groups excluding carboxylic acids is 4. The average Bonchev–Trinajstić information content (AvgIpc) is 1.18. The molecule has 0 aliphatic rings. The number of carbonyl (C=O) groups is 4. The number of esters is 4. The lowest BCUT2D eigenvalue weighted by Crippen LogP contribution is -2.30. The van der Waals surface area contributed by atoms with E-state index < -0.39 is 97.5 Å². The van der Waals surface area contributed by atoms with Crippen molar-refractivity contribution < 1.29 is 80.2 Å². The van der Waals surface area contributed by atoms with Crippen molar-refractivity contribution in [3.05, 3.63) is 0 Å². The third kappa shape index (κ3) is 68.3. The Hall–Kier alpha value is -1.94. The summed E-state index contributed by atoms with van der Waals surface area (Å²) < 4.78 is 68.6. The molecule has 0 radical (unpaired) electrons. The first-order valence-electron chi connectivity index (χ1n) is 40.3. The van der Waals surface area contributed by atoms with Gasteiger partial charge in [0.25, 0.3) is 0 Å². The summed E-state index contributed by atoms with van der Waals surface area (Å²) in [6, 6.07) is 0. The molecular weight excluding hydrogens is 1270 g/mol. The Morgan fingerprint density at radius 2 is 0.495 bits per heavy atom. The number of phosphoric acid groups is 2. The van der Waals surface area contributed by atoms with Crippen molar-refractivity contribution in [3.63, 3.8) is 0 Å². The fourth-order valence-corrected chi connectivity index (χ4v) is 13.4. The second-order valence-corrected chi connectivity index (χ2v) is 32.2. The van der Waals surface area contributed by atoms with Gasteiger partial charge in [0, 0.05) is 25.7 Å². The third-order valence-electron chi connectivity index (χ3n) is 19.2. The van der Waals surface area contributed by atoms with Crippen molar-refractivity contribution in [1.29, 1.82) is 0 Å². The maximum absolute atomic E-state index is 13.1. The molecule has 0 spiro atoms. The van der Waals surface area contributed by atoms with Crippen LogP contribution in [0.5, 0.6) is 0 Å². The van der Waals surface area contributed by atoms with Crippen LogP contribution < -0.4 is 0 Å². The van der Waals surface area contributed by atoms with Gasteiger partial charge in [-0.15, -0.1) is 0 Å². The number of rotatable bonds is 75. The van der Waals surface area contributed by atoms with Crippen molar-refractivity contribution in [3.8, 4) is 0 Å². The molecule has 3 N–H and O–H groups in total. The van der Waals surface area contributed by atoms with Gasteiger partial charge >= 0.3 is 39.5 Å². The molecule has 8 atom stereocenters. The molecule has 0 saturated heterocycles. The van der Waals surface area contributed by atoms with Crippen LogP contribution >= 0.6 is 15.6 Å². The monoisotopic (exact) mass is 1420 g/mol. The summed E-state index contributed by atoms with van der Waals surface area (Å²) in [5, 5.41) is 10.6. The first-order valence-corrected chi connectivity index (χ1v) is 43.3. The van der Waals surface area contributed by atoms with E-state index in [9.17, 15) is 43.2 Å². The maximum Gasteiger partial charge on any atom is 0.472 e. The van der Waals surface area contributed by atoms with Gasteiger partial charge in [-0.2, -0.15) is 0 Å². The van der Waals surface area contributed by atoms with Gasteiger partial charge in [0.2, 0.25) is 0 Å². The normalized spacial score (nSPS) is 14.9. The Morgan fingerprint density at radius 3 is 0.732 bits per heavy atom. The molecule has 0 aromatic rings. The van der Waals surface area contributed by atoms with E-state index >= 15 is 0 Å².